The van der Waals surface area contributed by atoms with Gasteiger partial charge in [-0.3, -0.25) is 0 Å². The summed E-state index contributed by atoms with van der Waals surface area (Å²) in [6.45, 7) is 1.80. The Balaban J connectivity index is 1.88. The van der Waals surface area contributed by atoms with Crippen LogP contribution in [0.25, 0.3) is 11.1 Å². The Hall–Kier alpha value is -1.75. The fraction of sp³-hybridized carbons (Fsp3) is 0.211. The molecule has 122 valence electrons. The number of pyridine rings is 1. The molecular weight excluding hydrogens is 343 g/mol. The third kappa shape index (κ3) is 2.75. The number of hydrogen-bond donors (Lipinski definition) is 0. The van der Waals surface area contributed by atoms with Crippen LogP contribution in [0.5, 0.6) is 0 Å². The van der Waals surface area contributed by atoms with Crippen LogP contribution in [0.3, 0.4) is 0 Å². The van der Waals surface area contributed by atoms with Crippen molar-refractivity contribution in [2.24, 2.45) is 0 Å². The lowest BCUT2D eigenvalue weighted by molar-refractivity contribution is 0.299. The van der Waals surface area contributed by atoms with Gasteiger partial charge in [0, 0.05) is 35.6 Å². The van der Waals surface area contributed by atoms with Crippen LogP contribution in [0, 0.1) is 5.95 Å². The lowest BCUT2D eigenvalue weighted by atomic mass is 9.84. The maximum atomic E-state index is 14.3. The molecule has 2 aromatic heterocycles. The Morgan fingerprint density at radius 2 is 1.96 bits per heavy atom. The molecule has 0 aliphatic carbocycles. The van der Waals surface area contributed by atoms with Gasteiger partial charge in [0.25, 0.3) is 0 Å². The molecule has 1 aromatic carbocycles. The van der Waals surface area contributed by atoms with Gasteiger partial charge in [-0.05, 0) is 41.9 Å². The van der Waals surface area contributed by atoms with Crippen molar-refractivity contribution in [1.29, 1.82) is 0 Å². The zero-order valence-corrected chi connectivity index (χ0v) is 14.7. The van der Waals surface area contributed by atoms with Crippen molar-refractivity contribution in [3.8, 4) is 11.1 Å². The number of rotatable bonds is 2. The molecule has 5 heteroatoms. The predicted molar refractivity (Wildman–Crippen MR) is 97.1 cm³/mol. The molecule has 0 N–H and O–H groups in total. The summed E-state index contributed by atoms with van der Waals surface area (Å²) in [5.41, 5.74) is 3.83. The number of nitrogens with zero attached hydrogens (tertiary/aromatic N) is 2. The number of halogens is 2. The molecule has 1 aliphatic heterocycles. The van der Waals surface area contributed by atoms with E-state index in [4.69, 9.17) is 11.6 Å². The van der Waals surface area contributed by atoms with E-state index in [1.807, 2.05) is 18.2 Å². The number of fused-ring (bicyclic) bond motifs is 1. The molecule has 0 saturated heterocycles. The van der Waals surface area contributed by atoms with Gasteiger partial charge >= 0.3 is 0 Å². The van der Waals surface area contributed by atoms with Gasteiger partial charge in [0.1, 0.15) is 0 Å². The first-order valence-electron chi connectivity index (χ1n) is 7.80. The van der Waals surface area contributed by atoms with Gasteiger partial charge in [0.2, 0.25) is 5.95 Å². The molecule has 0 amide bonds. The predicted octanol–water partition coefficient (Wildman–Crippen LogP) is 5.18. The summed E-state index contributed by atoms with van der Waals surface area (Å²) in [5, 5.41) is 0. The van der Waals surface area contributed by atoms with Gasteiger partial charge in [0.15, 0.2) is 0 Å². The normalized spacial score (nSPS) is 17.7. The number of hydrogen-bond acceptors (Lipinski definition) is 3. The maximum absolute atomic E-state index is 14.3. The molecule has 0 radical (unpaired) electrons. The van der Waals surface area contributed by atoms with E-state index in [0.29, 0.717) is 5.56 Å². The van der Waals surface area contributed by atoms with Crippen molar-refractivity contribution in [2.45, 2.75) is 12.5 Å². The standard InChI is InChI=1S/C19H16ClFN2S/c1-23-10-16(15-9-18(20)24-17(15)11-23)13-6-3-2-5-12(13)14-7-4-8-22-19(14)21/h2-9,16H,10-11H2,1H3. The zero-order valence-electron chi connectivity index (χ0n) is 13.2. The van der Waals surface area contributed by atoms with Gasteiger partial charge in [0.05, 0.1) is 4.34 Å². The summed E-state index contributed by atoms with van der Waals surface area (Å²) in [6, 6.07) is 13.6. The van der Waals surface area contributed by atoms with Crippen molar-refractivity contribution in [2.75, 3.05) is 13.6 Å². The number of benzene rings is 1. The Morgan fingerprint density at radius 3 is 2.79 bits per heavy atom. The third-order valence-electron chi connectivity index (χ3n) is 4.48. The summed E-state index contributed by atoms with van der Waals surface area (Å²) in [4.78, 5) is 7.39. The largest absolute Gasteiger partial charge is 0.300 e. The van der Waals surface area contributed by atoms with E-state index in [-0.39, 0.29) is 5.92 Å². The summed E-state index contributed by atoms with van der Waals surface area (Å²) >= 11 is 7.90. The molecule has 1 atom stereocenters. The van der Waals surface area contributed by atoms with Crippen LogP contribution in [0.15, 0.2) is 48.7 Å². The first-order valence-corrected chi connectivity index (χ1v) is 8.99. The average molecular weight is 359 g/mol. The SMILES string of the molecule is CN1Cc2sc(Cl)cc2C(c2ccccc2-c2cccnc2F)C1. The van der Waals surface area contributed by atoms with Gasteiger partial charge in [-0.15, -0.1) is 11.3 Å². The van der Waals surface area contributed by atoms with E-state index in [1.165, 1.54) is 16.6 Å². The number of aromatic nitrogens is 1. The van der Waals surface area contributed by atoms with E-state index in [2.05, 4.69) is 29.1 Å². The molecule has 24 heavy (non-hydrogen) atoms. The molecule has 1 unspecified atom stereocenters. The van der Waals surface area contributed by atoms with Crippen LogP contribution in [-0.4, -0.2) is 23.5 Å². The first-order chi connectivity index (χ1) is 11.6. The summed E-state index contributed by atoms with van der Waals surface area (Å²) in [6.07, 6.45) is 1.48. The second-order valence-corrected chi connectivity index (χ2v) is 7.88. The van der Waals surface area contributed by atoms with Crippen LogP contribution < -0.4 is 0 Å². The van der Waals surface area contributed by atoms with Gasteiger partial charge < -0.3 is 4.90 Å². The molecular formula is C19H16ClFN2S. The minimum Gasteiger partial charge on any atom is -0.300 e. The second-order valence-electron chi connectivity index (χ2n) is 6.11. The number of thiophene rings is 1. The third-order valence-corrected chi connectivity index (χ3v) is 5.74. The lowest BCUT2D eigenvalue weighted by Gasteiger charge is -2.31. The molecule has 0 spiro atoms. The van der Waals surface area contributed by atoms with E-state index < -0.39 is 5.95 Å². The number of likely N-dealkylation sites (N-methyl/N-ethyl adjacent to an activating group) is 1. The summed E-state index contributed by atoms with van der Waals surface area (Å²) in [7, 11) is 2.11. The first kappa shape index (κ1) is 15.8. The highest BCUT2D eigenvalue weighted by atomic mass is 35.5. The van der Waals surface area contributed by atoms with E-state index in [0.717, 1.165) is 28.6 Å². The Bertz CT molecular complexity index is 893. The van der Waals surface area contributed by atoms with Crippen LogP contribution in [0.1, 0.15) is 21.9 Å². The van der Waals surface area contributed by atoms with Gasteiger partial charge in [-0.25, -0.2) is 4.98 Å². The Labute approximate surface area is 149 Å². The second kappa shape index (κ2) is 6.28. The molecule has 3 heterocycles. The highest BCUT2D eigenvalue weighted by Gasteiger charge is 2.29. The summed E-state index contributed by atoms with van der Waals surface area (Å²) in [5.74, 6) is -0.254. The van der Waals surface area contributed by atoms with Crippen LogP contribution in [0.4, 0.5) is 4.39 Å². The summed E-state index contributed by atoms with van der Waals surface area (Å²) < 4.78 is 15.1. The van der Waals surface area contributed by atoms with Gasteiger partial charge in [-0.1, -0.05) is 35.9 Å². The quantitative estimate of drug-likeness (QED) is 0.587. The van der Waals surface area contributed by atoms with Crippen molar-refractivity contribution >= 4 is 22.9 Å². The fourth-order valence-electron chi connectivity index (χ4n) is 3.45. The van der Waals surface area contributed by atoms with E-state index >= 15 is 0 Å². The van der Waals surface area contributed by atoms with Crippen molar-refractivity contribution < 1.29 is 4.39 Å². The smallest absolute Gasteiger partial charge is 0.220 e. The van der Waals surface area contributed by atoms with Crippen LogP contribution in [-0.2, 0) is 6.54 Å². The molecule has 0 saturated carbocycles. The molecule has 0 bridgehead atoms. The molecule has 2 nitrogen and oxygen atoms in total. The average Bonchev–Trinajstić information content (AvgIpc) is 2.94. The van der Waals surface area contributed by atoms with Crippen LogP contribution >= 0.6 is 22.9 Å². The minimum absolute atomic E-state index is 0.179. The Kier molecular flexibility index (Phi) is 4.12. The fourth-order valence-corrected chi connectivity index (χ4v) is 4.87. The lowest BCUT2D eigenvalue weighted by Crippen LogP contribution is -2.30. The Morgan fingerprint density at radius 1 is 1.17 bits per heavy atom. The van der Waals surface area contributed by atoms with Gasteiger partial charge in [-0.2, -0.15) is 4.39 Å². The van der Waals surface area contributed by atoms with Crippen LogP contribution in [0.2, 0.25) is 4.34 Å². The highest BCUT2D eigenvalue weighted by molar-refractivity contribution is 7.16. The molecule has 4 rings (SSSR count). The maximum Gasteiger partial charge on any atom is 0.220 e. The zero-order chi connectivity index (χ0) is 16.7. The molecule has 3 aromatic rings. The molecule has 0 fully saturated rings. The van der Waals surface area contributed by atoms with E-state index in [9.17, 15) is 4.39 Å². The molecule has 1 aliphatic rings. The minimum atomic E-state index is -0.433. The van der Waals surface area contributed by atoms with Crippen molar-refractivity contribution in [3.63, 3.8) is 0 Å². The topological polar surface area (TPSA) is 16.1 Å². The van der Waals surface area contributed by atoms with Crippen molar-refractivity contribution in [3.05, 3.63) is 74.9 Å². The van der Waals surface area contributed by atoms with E-state index in [1.54, 1.807) is 23.5 Å². The van der Waals surface area contributed by atoms with Crippen molar-refractivity contribution in [1.82, 2.24) is 9.88 Å². The monoisotopic (exact) mass is 358 g/mol. The highest BCUT2D eigenvalue weighted by Crippen LogP contribution is 2.42.